The van der Waals surface area contributed by atoms with Crippen molar-refractivity contribution in [3.8, 4) is 0 Å². The van der Waals surface area contributed by atoms with Crippen molar-refractivity contribution < 1.29 is 13.2 Å². The van der Waals surface area contributed by atoms with Crippen LogP contribution < -0.4 is 5.32 Å². The van der Waals surface area contributed by atoms with Gasteiger partial charge in [0.1, 0.15) is 4.90 Å². The Hall–Kier alpha value is -2.19. The van der Waals surface area contributed by atoms with Crippen LogP contribution in [0.4, 0.5) is 0 Å². The van der Waals surface area contributed by atoms with Gasteiger partial charge in [-0.3, -0.25) is 9.48 Å². The van der Waals surface area contributed by atoms with Gasteiger partial charge in [-0.2, -0.15) is 9.40 Å². The molecule has 164 valence electrons. The first kappa shape index (κ1) is 22.5. The fraction of sp³-hybridized carbons (Fsp3) is 0.545. The molecule has 30 heavy (non-hydrogen) atoms. The van der Waals surface area contributed by atoms with E-state index < -0.39 is 10.0 Å². The number of carbonyl (C=O) groups excluding carboxylic acids is 1. The Morgan fingerprint density at radius 3 is 2.50 bits per heavy atom. The van der Waals surface area contributed by atoms with Gasteiger partial charge in [0.05, 0.1) is 17.9 Å². The molecule has 0 radical (unpaired) electrons. The van der Waals surface area contributed by atoms with Crippen LogP contribution in [0.3, 0.4) is 0 Å². The second-order valence-electron chi connectivity index (χ2n) is 7.88. The molecule has 1 N–H and O–H groups in total. The van der Waals surface area contributed by atoms with Crippen molar-refractivity contribution in [2.75, 3.05) is 19.6 Å². The fourth-order valence-electron chi connectivity index (χ4n) is 3.97. The molecular formula is C22H32N4O3S. The van der Waals surface area contributed by atoms with Crippen LogP contribution in [0.15, 0.2) is 35.2 Å². The van der Waals surface area contributed by atoms with E-state index in [1.54, 1.807) is 22.8 Å². The molecule has 0 bridgehead atoms. The largest absolute Gasteiger partial charge is 0.356 e. The zero-order valence-corrected chi connectivity index (χ0v) is 18.7. The second kappa shape index (κ2) is 10.2. The topological polar surface area (TPSA) is 84.3 Å². The highest BCUT2D eigenvalue weighted by atomic mass is 32.2. The van der Waals surface area contributed by atoms with Crippen LogP contribution in [-0.4, -0.2) is 48.0 Å². The summed E-state index contributed by atoms with van der Waals surface area (Å²) in [6.07, 6.45) is 4.95. The first-order valence-corrected chi connectivity index (χ1v) is 12.2. The quantitative estimate of drug-likeness (QED) is 0.618. The first-order chi connectivity index (χ1) is 14.4. The molecule has 2 heterocycles. The molecule has 1 aliphatic rings. The minimum atomic E-state index is -3.54. The monoisotopic (exact) mass is 432 g/mol. The van der Waals surface area contributed by atoms with Gasteiger partial charge >= 0.3 is 0 Å². The van der Waals surface area contributed by atoms with Crippen molar-refractivity contribution in [3.63, 3.8) is 0 Å². The van der Waals surface area contributed by atoms with E-state index in [4.69, 9.17) is 0 Å². The third-order valence-corrected chi connectivity index (χ3v) is 7.74. The minimum Gasteiger partial charge on any atom is -0.356 e. The van der Waals surface area contributed by atoms with Crippen molar-refractivity contribution in [1.82, 2.24) is 19.4 Å². The summed E-state index contributed by atoms with van der Waals surface area (Å²) in [6, 6.07) is 10.2. The lowest BCUT2D eigenvalue weighted by atomic mass is 10.1. The Morgan fingerprint density at radius 1 is 1.10 bits per heavy atom. The van der Waals surface area contributed by atoms with Crippen molar-refractivity contribution in [1.29, 1.82) is 0 Å². The lowest BCUT2D eigenvalue weighted by Gasteiger charge is -2.26. The molecule has 1 aromatic carbocycles. The predicted octanol–water partition coefficient (Wildman–Crippen LogP) is 2.81. The number of carbonyl (C=O) groups is 1. The molecule has 3 rings (SSSR count). The van der Waals surface area contributed by atoms with Crippen LogP contribution in [0, 0.1) is 13.8 Å². The average Bonchev–Trinajstić information content (AvgIpc) is 3.04. The molecule has 0 unspecified atom stereocenters. The lowest BCUT2D eigenvalue weighted by molar-refractivity contribution is -0.121. The molecular weight excluding hydrogens is 400 g/mol. The van der Waals surface area contributed by atoms with Crippen molar-refractivity contribution in [2.45, 2.75) is 63.8 Å². The molecule has 1 fully saturated rings. The maximum atomic E-state index is 13.1. The van der Waals surface area contributed by atoms with Crippen molar-refractivity contribution >= 4 is 15.9 Å². The molecule has 1 aromatic heterocycles. The fourth-order valence-corrected chi connectivity index (χ4v) is 5.86. The Labute approximate surface area is 179 Å². The summed E-state index contributed by atoms with van der Waals surface area (Å²) >= 11 is 0. The van der Waals surface area contributed by atoms with Crippen LogP contribution in [-0.2, 0) is 27.8 Å². The van der Waals surface area contributed by atoms with Crippen LogP contribution in [0.1, 0.15) is 49.1 Å². The Balaban J connectivity index is 1.52. The van der Waals surface area contributed by atoms with Crippen LogP contribution in [0.5, 0.6) is 0 Å². The summed E-state index contributed by atoms with van der Waals surface area (Å²) in [7, 11) is -3.54. The number of nitrogens with zero attached hydrogens (tertiary/aromatic N) is 3. The minimum absolute atomic E-state index is 0.0453. The van der Waals surface area contributed by atoms with Gasteiger partial charge in [0.25, 0.3) is 0 Å². The number of aryl methyl sites for hydroxylation is 3. The molecule has 0 saturated carbocycles. The normalized spacial score (nSPS) is 15.3. The first-order valence-electron chi connectivity index (χ1n) is 10.7. The number of hydrogen-bond acceptors (Lipinski definition) is 4. The molecule has 1 amide bonds. The smallest absolute Gasteiger partial charge is 0.246 e. The summed E-state index contributed by atoms with van der Waals surface area (Å²) in [5.41, 5.74) is 2.37. The Kier molecular flexibility index (Phi) is 7.66. The van der Waals surface area contributed by atoms with Gasteiger partial charge in [0.15, 0.2) is 0 Å². The van der Waals surface area contributed by atoms with Gasteiger partial charge < -0.3 is 5.32 Å². The van der Waals surface area contributed by atoms with E-state index in [0.717, 1.165) is 32.1 Å². The van der Waals surface area contributed by atoms with Crippen LogP contribution in [0.25, 0.3) is 0 Å². The molecule has 2 aromatic rings. The highest BCUT2D eigenvalue weighted by Gasteiger charge is 2.31. The maximum absolute atomic E-state index is 13.1. The van der Waals surface area contributed by atoms with Crippen molar-refractivity contribution in [3.05, 3.63) is 47.3 Å². The van der Waals surface area contributed by atoms with Crippen LogP contribution in [0.2, 0.25) is 0 Å². The van der Waals surface area contributed by atoms with E-state index in [9.17, 15) is 13.2 Å². The molecule has 7 nitrogen and oxygen atoms in total. The summed E-state index contributed by atoms with van der Waals surface area (Å²) in [5.74, 6) is -0.0453. The second-order valence-corrected chi connectivity index (χ2v) is 9.75. The number of piperidine rings is 1. The van der Waals surface area contributed by atoms with E-state index in [1.165, 1.54) is 5.56 Å². The number of sulfonamides is 1. The lowest BCUT2D eigenvalue weighted by Crippen LogP contribution is -2.36. The van der Waals surface area contributed by atoms with Crippen LogP contribution >= 0.6 is 0 Å². The number of rotatable bonds is 9. The number of nitrogens with one attached hydrogen (secondary N) is 1. The van der Waals surface area contributed by atoms with Gasteiger partial charge in [0, 0.05) is 26.1 Å². The molecule has 1 aliphatic heterocycles. The zero-order valence-electron chi connectivity index (χ0n) is 17.9. The predicted molar refractivity (Wildman–Crippen MR) is 117 cm³/mol. The highest BCUT2D eigenvalue weighted by Crippen LogP contribution is 2.26. The maximum Gasteiger partial charge on any atom is 0.246 e. The molecule has 0 atom stereocenters. The van der Waals surface area contributed by atoms with Crippen molar-refractivity contribution in [2.24, 2.45) is 0 Å². The number of amides is 1. The molecule has 0 spiro atoms. The summed E-state index contributed by atoms with van der Waals surface area (Å²) in [4.78, 5) is 12.5. The molecule has 8 heteroatoms. The molecule has 0 aliphatic carbocycles. The Morgan fingerprint density at radius 2 is 1.80 bits per heavy atom. The van der Waals surface area contributed by atoms with Gasteiger partial charge in [-0.25, -0.2) is 8.42 Å². The number of aromatic nitrogens is 2. The van der Waals surface area contributed by atoms with E-state index in [2.05, 4.69) is 22.5 Å². The summed E-state index contributed by atoms with van der Waals surface area (Å²) in [5, 5.41) is 7.35. The van der Waals surface area contributed by atoms with Gasteiger partial charge in [-0.1, -0.05) is 36.8 Å². The van der Waals surface area contributed by atoms with E-state index >= 15 is 0 Å². The van der Waals surface area contributed by atoms with E-state index in [1.807, 2.05) is 18.2 Å². The average molecular weight is 433 g/mol. The Bertz CT molecular complexity index is 948. The molecule has 1 saturated heterocycles. The zero-order chi connectivity index (χ0) is 21.6. The van der Waals surface area contributed by atoms with Gasteiger partial charge in [-0.05, 0) is 45.1 Å². The third-order valence-electron chi connectivity index (χ3n) is 5.59. The SMILES string of the molecule is Cc1nn(CCC(=O)NCCCc2ccccc2)c(C)c1S(=O)(=O)N1CCCCC1. The van der Waals surface area contributed by atoms with E-state index in [-0.39, 0.29) is 12.3 Å². The standard InChI is InChI=1S/C22H32N4O3S/c1-18-22(30(28,29)25-15-7-4-8-16-25)19(2)26(24-18)17-13-21(27)23-14-9-12-20-10-5-3-6-11-20/h3,5-6,10-11H,4,7-9,12-17H2,1-2H3,(H,23,27). The van der Waals surface area contributed by atoms with Gasteiger partial charge in [0.2, 0.25) is 15.9 Å². The highest BCUT2D eigenvalue weighted by molar-refractivity contribution is 7.89. The van der Waals surface area contributed by atoms with E-state index in [0.29, 0.717) is 42.5 Å². The third kappa shape index (κ3) is 5.49. The summed E-state index contributed by atoms with van der Waals surface area (Å²) < 4.78 is 29.3. The number of benzene rings is 1. The number of hydrogen-bond donors (Lipinski definition) is 1. The summed E-state index contributed by atoms with van der Waals surface area (Å²) in [6.45, 7) is 5.63. The van der Waals surface area contributed by atoms with Gasteiger partial charge in [-0.15, -0.1) is 0 Å².